The third-order valence-corrected chi connectivity index (χ3v) is 9.80. The zero-order valence-electron chi connectivity index (χ0n) is 18.8. The summed E-state index contributed by atoms with van der Waals surface area (Å²) in [6.07, 6.45) is 16.7. The van der Waals surface area contributed by atoms with Crippen LogP contribution in [0, 0.1) is 40.4 Å². The van der Waals surface area contributed by atoms with Crippen LogP contribution >= 0.6 is 0 Å². The molecule has 0 aromatic heterocycles. The minimum absolute atomic E-state index is 0.116. The molecule has 0 saturated heterocycles. The number of rotatable bonds is 4. The van der Waals surface area contributed by atoms with E-state index in [0.717, 1.165) is 42.9 Å². The third kappa shape index (κ3) is 3.52. The first-order valence-electron chi connectivity index (χ1n) is 11.9. The van der Waals surface area contributed by atoms with Gasteiger partial charge in [-0.2, -0.15) is 0 Å². The van der Waals surface area contributed by atoms with Crippen molar-refractivity contribution in [2.75, 3.05) is 7.11 Å². The molecule has 1 N–H and O–H groups in total. The van der Waals surface area contributed by atoms with Crippen LogP contribution in [0.5, 0.6) is 0 Å². The van der Waals surface area contributed by atoms with Crippen molar-refractivity contribution in [3.63, 3.8) is 0 Å². The van der Waals surface area contributed by atoms with Gasteiger partial charge in [0.05, 0.1) is 13.2 Å². The van der Waals surface area contributed by atoms with E-state index in [1.807, 2.05) is 6.08 Å². The summed E-state index contributed by atoms with van der Waals surface area (Å²) in [4.78, 5) is 11.4. The van der Waals surface area contributed by atoms with Crippen LogP contribution in [-0.2, 0) is 9.53 Å². The second-order valence-corrected chi connectivity index (χ2v) is 11.0. The van der Waals surface area contributed by atoms with E-state index in [0.29, 0.717) is 16.7 Å². The summed E-state index contributed by atoms with van der Waals surface area (Å²) in [5.41, 5.74) is 2.34. The van der Waals surface area contributed by atoms with E-state index < -0.39 is 0 Å². The zero-order chi connectivity index (χ0) is 20.8. The number of hydrogen-bond acceptors (Lipinski definition) is 3. The first kappa shape index (κ1) is 21.2. The lowest BCUT2D eigenvalue weighted by atomic mass is 9.47. The summed E-state index contributed by atoms with van der Waals surface area (Å²) in [6.45, 7) is 7.48. The molecule has 0 radical (unpaired) electrons. The molecule has 0 aromatic carbocycles. The van der Waals surface area contributed by atoms with Gasteiger partial charge in [-0.1, -0.05) is 38.5 Å². The van der Waals surface area contributed by atoms with E-state index in [1.54, 1.807) is 11.6 Å². The summed E-state index contributed by atoms with van der Waals surface area (Å²) >= 11 is 0. The number of carbonyl (C=O) groups excluding carboxylic acids is 1. The van der Waals surface area contributed by atoms with Gasteiger partial charge in [-0.3, -0.25) is 0 Å². The number of methoxy groups -OCH3 is 1. The second-order valence-electron chi connectivity index (χ2n) is 11.0. The Morgan fingerprint density at radius 1 is 1.24 bits per heavy atom. The van der Waals surface area contributed by atoms with Crippen LogP contribution in [0.25, 0.3) is 0 Å². The van der Waals surface area contributed by atoms with Crippen molar-refractivity contribution in [3.05, 3.63) is 23.8 Å². The van der Waals surface area contributed by atoms with E-state index in [2.05, 4.69) is 26.8 Å². The van der Waals surface area contributed by atoms with E-state index in [-0.39, 0.29) is 12.1 Å². The molecule has 0 aromatic rings. The van der Waals surface area contributed by atoms with Crippen molar-refractivity contribution in [2.45, 2.75) is 84.7 Å². The highest BCUT2D eigenvalue weighted by atomic mass is 16.5. The Morgan fingerprint density at radius 2 is 2.03 bits per heavy atom. The molecule has 0 amide bonds. The molecule has 3 fully saturated rings. The molecule has 29 heavy (non-hydrogen) atoms. The van der Waals surface area contributed by atoms with Gasteiger partial charge in [-0.25, -0.2) is 4.79 Å². The number of hydrogen-bond donors (Lipinski definition) is 1. The van der Waals surface area contributed by atoms with Gasteiger partial charge in [0.25, 0.3) is 0 Å². The summed E-state index contributed by atoms with van der Waals surface area (Å²) in [7, 11) is 1.44. The Balaban J connectivity index is 1.50. The number of aliphatic hydroxyl groups is 1. The van der Waals surface area contributed by atoms with E-state index in [4.69, 9.17) is 4.74 Å². The van der Waals surface area contributed by atoms with Crippen molar-refractivity contribution in [1.29, 1.82) is 0 Å². The number of ether oxygens (including phenoxy) is 1. The van der Waals surface area contributed by atoms with Crippen LogP contribution in [0.15, 0.2) is 23.8 Å². The summed E-state index contributed by atoms with van der Waals surface area (Å²) < 4.78 is 4.73. The van der Waals surface area contributed by atoms with Crippen LogP contribution in [-0.4, -0.2) is 24.3 Å². The van der Waals surface area contributed by atoms with E-state index >= 15 is 0 Å². The number of allylic oxidation sites excluding steroid dienone is 2. The molecule has 4 rings (SSSR count). The van der Waals surface area contributed by atoms with Gasteiger partial charge in [0, 0.05) is 6.08 Å². The van der Waals surface area contributed by atoms with Crippen LogP contribution in [0.1, 0.15) is 78.6 Å². The lowest BCUT2D eigenvalue weighted by Gasteiger charge is -2.58. The van der Waals surface area contributed by atoms with Gasteiger partial charge in [-0.05, 0) is 98.2 Å². The van der Waals surface area contributed by atoms with E-state index in [9.17, 15) is 9.90 Å². The van der Waals surface area contributed by atoms with Crippen molar-refractivity contribution >= 4 is 5.97 Å². The van der Waals surface area contributed by atoms with Crippen molar-refractivity contribution < 1.29 is 14.6 Å². The molecule has 3 saturated carbocycles. The maximum atomic E-state index is 11.4. The van der Waals surface area contributed by atoms with Gasteiger partial charge in [0.2, 0.25) is 0 Å². The van der Waals surface area contributed by atoms with Gasteiger partial charge in [0.1, 0.15) is 0 Å². The topological polar surface area (TPSA) is 46.5 Å². The molecule has 3 heteroatoms. The summed E-state index contributed by atoms with van der Waals surface area (Å²) in [5, 5.41) is 10.2. The number of fused-ring (bicyclic) bond motifs is 5. The quantitative estimate of drug-likeness (QED) is 0.375. The minimum Gasteiger partial charge on any atom is -0.466 e. The second kappa shape index (κ2) is 7.87. The maximum Gasteiger partial charge on any atom is 0.330 e. The molecule has 0 unspecified atom stereocenters. The molecule has 0 bridgehead atoms. The first-order chi connectivity index (χ1) is 13.8. The Kier molecular flexibility index (Phi) is 5.74. The number of carbonyl (C=O) groups is 1. The van der Waals surface area contributed by atoms with Crippen LogP contribution in [0.4, 0.5) is 0 Å². The highest BCUT2D eigenvalue weighted by Gasteiger charge is 2.58. The molecule has 0 spiro atoms. The highest BCUT2D eigenvalue weighted by Crippen LogP contribution is 2.67. The Labute approximate surface area is 177 Å². The molecular weight excluding hydrogens is 360 g/mol. The van der Waals surface area contributed by atoms with Crippen LogP contribution in [0.3, 0.4) is 0 Å². The predicted molar refractivity (Wildman–Crippen MR) is 116 cm³/mol. The highest BCUT2D eigenvalue weighted by molar-refractivity contribution is 5.81. The molecule has 3 nitrogen and oxygen atoms in total. The molecule has 8 atom stereocenters. The third-order valence-electron chi connectivity index (χ3n) is 9.80. The van der Waals surface area contributed by atoms with Crippen molar-refractivity contribution in [2.24, 2.45) is 40.4 Å². The Morgan fingerprint density at radius 3 is 2.79 bits per heavy atom. The zero-order valence-corrected chi connectivity index (χ0v) is 18.8. The lowest BCUT2D eigenvalue weighted by Crippen LogP contribution is -2.50. The Hall–Kier alpha value is -1.09. The van der Waals surface area contributed by atoms with E-state index in [1.165, 1.54) is 45.6 Å². The fourth-order valence-electron chi connectivity index (χ4n) is 8.23. The smallest absolute Gasteiger partial charge is 0.330 e. The fraction of sp³-hybridized carbons (Fsp3) is 0.808. The molecular formula is C26H40O3. The molecule has 4 aliphatic rings. The number of aliphatic hydroxyl groups excluding tert-OH is 1. The lowest BCUT2D eigenvalue weighted by molar-refractivity contribution is -0.134. The SMILES string of the molecule is COC(=O)/C=C/C[C@@H](C)[C@H]1CC[C@H]2[C@@H]3CC=C4C[C@@H](O)CC[C@]4(C)[C@H]3CC[C@]12C. The number of esters is 1. The monoisotopic (exact) mass is 400 g/mol. The van der Waals surface area contributed by atoms with Gasteiger partial charge >= 0.3 is 5.97 Å². The largest absolute Gasteiger partial charge is 0.466 e. The molecule has 4 aliphatic carbocycles. The average molecular weight is 401 g/mol. The molecule has 162 valence electrons. The summed E-state index contributed by atoms with van der Waals surface area (Å²) in [6, 6.07) is 0. The maximum absolute atomic E-state index is 11.4. The minimum atomic E-state index is -0.246. The van der Waals surface area contributed by atoms with Crippen LogP contribution < -0.4 is 0 Å². The van der Waals surface area contributed by atoms with Crippen molar-refractivity contribution in [1.82, 2.24) is 0 Å². The Bertz CT molecular complexity index is 694. The predicted octanol–water partition coefficient (Wildman–Crippen LogP) is 5.68. The molecule has 0 heterocycles. The van der Waals surface area contributed by atoms with Crippen molar-refractivity contribution in [3.8, 4) is 0 Å². The summed E-state index contributed by atoms with van der Waals surface area (Å²) in [5.74, 6) is 3.57. The van der Waals surface area contributed by atoms with Crippen LogP contribution in [0.2, 0.25) is 0 Å². The average Bonchev–Trinajstić information content (AvgIpc) is 3.05. The normalized spacial score (nSPS) is 45.1. The fourth-order valence-corrected chi connectivity index (χ4v) is 8.23. The standard InChI is InChI=1S/C26H40O3/c1-17(6-5-7-24(28)29-4)21-10-11-22-20-9-8-18-16-19(27)12-14-25(18,2)23(20)13-15-26(21,22)3/h5,7-8,17,19-23,27H,6,9-16H2,1-4H3/b7-5+/t17-,19+,20+,21-,22+,23+,25+,26-/m1/s1. The first-order valence-corrected chi connectivity index (χ1v) is 11.9. The van der Waals surface area contributed by atoms with Gasteiger partial charge in [-0.15, -0.1) is 0 Å². The van der Waals surface area contributed by atoms with Gasteiger partial charge in [0.15, 0.2) is 0 Å². The van der Waals surface area contributed by atoms with Gasteiger partial charge < -0.3 is 9.84 Å². The molecule has 0 aliphatic heterocycles.